The molecule has 0 radical (unpaired) electrons. The summed E-state index contributed by atoms with van der Waals surface area (Å²) >= 11 is 0. The van der Waals surface area contributed by atoms with Crippen molar-refractivity contribution in [3.05, 3.63) is 36.4 Å². The van der Waals surface area contributed by atoms with Crippen LogP contribution in [0.4, 0.5) is 13.2 Å². The summed E-state index contributed by atoms with van der Waals surface area (Å²) < 4.78 is 44.1. The van der Waals surface area contributed by atoms with E-state index >= 15 is 0 Å². The van der Waals surface area contributed by atoms with Crippen LogP contribution in [-0.2, 0) is 4.12 Å². The summed E-state index contributed by atoms with van der Waals surface area (Å²) in [6.07, 6.45) is -2.59. The Labute approximate surface area is 115 Å². The van der Waals surface area contributed by atoms with E-state index in [2.05, 4.69) is 6.58 Å². The number of rotatable bonds is 5. The lowest BCUT2D eigenvalue weighted by atomic mass is 10.2. The van der Waals surface area contributed by atoms with Crippen molar-refractivity contribution in [3.63, 3.8) is 0 Å². The van der Waals surface area contributed by atoms with E-state index in [1.807, 2.05) is 19.6 Å². The molecule has 0 saturated heterocycles. The molecule has 19 heavy (non-hydrogen) atoms. The lowest BCUT2D eigenvalue weighted by Gasteiger charge is -2.27. The van der Waals surface area contributed by atoms with E-state index in [4.69, 9.17) is 4.12 Å². The second-order valence-corrected chi connectivity index (χ2v) is 12.5. The molecule has 0 saturated carbocycles. The first-order chi connectivity index (χ1) is 8.62. The minimum absolute atomic E-state index is 0.692. The smallest absolute Gasteiger partial charge is 0.389 e. The molecule has 1 unspecified atom stereocenters. The SMILES string of the molecule is C=Cc1ccccc1[SiH](CC(F)(F)F)O[Si](C)(C)C. The lowest BCUT2D eigenvalue weighted by molar-refractivity contribution is -0.111. The largest absolute Gasteiger partial charge is 0.454 e. The topological polar surface area (TPSA) is 9.23 Å². The van der Waals surface area contributed by atoms with Crippen molar-refractivity contribution in [3.8, 4) is 0 Å². The van der Waals surface area contributed by atoms with Crippen molar-refractivity contribution in [2.75, 3.05) is 0 Å². The van der Waals surface area contributed by atoms with Crippen LogP contribution >= 0.6 is 0 Å². The fourth-order valence-electron chi connectivity index (χ4n) is 1.84. The van der Waals surface area contributed by atoms with Gasteiger partial charge in [-0.25, -0.2) is 0 Å². The predicted molar refractivity (Wildman–Crippen MR) is 78.6 cm³/mol. The second kappa shape index (κ2) is 6.06. The van der Waals surface area contributed by atoms with Crippen LogP contribution in [0.15, 0.2) is 30.8 Å². The second-order valence-electron chi connectivity index (χ2n) is 5.37. The van der Waals surface area contributed by atoms with Crippen LogP contribution in [0.2, 0.25) is 25.7 Å². The number of alkyl halides is 3. The highest BCUT2D eigenvalue weighted by atomic mass is 28.4. The first-order valence-corrected chi connectivity index (χ1v) is 11.4. The molecule has 0 aliphatic rings. The van der Waals surface area contributed by atoms with Gasteiger partial charge in [-0.15, -0.1) is 0 Å². The third-order valence-electron chi connectivity index (χ3n) is 2.48. The minimum Gasteiger partial charge on any atom is -0.454 e. The standard InChI is InChI=1S/C13H19F3OSi2/c1-5-11-8-6-7-9-12(11)18(10-13(14,15)16)17-19(2,3)4/h5-9,18H,1,10H2,2-4H3. The molecule has 1 rings (SSSR count). The van der Waals surface area contributed by atoms with Gasteiger partial charge in [0.25, 0.3) is 0 Å². The summed E-state index contributed by atoms with van der Waals surface area (Å²) in [5, 5.41) is 0.692. The average Bonchev–Trinajstić information content (AvgIpc) is 2.24. The Morgan fingerprint density at radius 3 is 2.32 bits per heavy atom. The molecule has 0 spiro atoms. The molecule has 1 aromatic carbocycles. The van der Waals surface area contributed by atoms with Crippen LogP contribution in [0.3, 0.4) is 0 Å². The van der Waals surface area contributed by atoms with Gasteiger partial charge in [-0.1, -0.05) is 36.9 Å². The van der Waals surface area contributed by atoms with Gasteiger partial charge in [0.1, 0.15) is 0 Å². The third kappa shape index (κ3) is 5.75. The highest BCUT2D eigenvalue weighted by Crippen LogP contribution is 2.24. The molecule has 0 aromatic heterocycles. The maximum atomic E-state index is 12.7. The van der Waals surface area contributed by atoms with Crippen LogP contribution in [0.25, 0.3) is 6.08 Å². The van der Waals surface area contributed by atoms with Gasteiger partial charge in [0.2, 0.25) is 9.04 Å². The Kier molecular flexibility index (Phi) is 5.17. The van der Waals surface area contributed by atoms with E-state index in [1.165, 1.54) is 0 Å². The Balaban J connectivity index is 3.11. The van der Waals surface area contributed by atoms with Crippen LogP contribution in [-0.4, -0.2) is 23.5 Å². The number of benzene rings is 1. The van der Waals surface area contributed by atoms with Crippen molar-refractivity contribution >= 4 is 28.6 Å². The van der Waals surface area contributed by atoms with Crippen molar-refractivity contribution in [1.82, 2.24) is 0 Å². The summed E-state index contributed by atoms with van der Waals surface area (Å²) in [5.74, 6) is 0. The van der Waals surface area contributed by atoms with Crippen molar-refractivity contribution in [2.45, 2.75) is 31.9 Å². The third-order valence-corrected chi connectivity index (χ3v) is 8.50. The summed E-state index contributed by atoms with van der Waals surface area (Å²) in [5.41, 5.74) is 0.752. The van der Waals surface area contributed by atoms with Gasteiger partial charge < -0.3 is 4.12 Å². The molecule has 0 amide bonds. The molecule has 0 bridgehead atoms. The predicted octanol–water partition coefficient (Wildman–Crippen LogP) is 3.67. The molecule has 0 N–H and O–H groups in total. The van der Waals surface area contributed by atoms with Gasteiger partial charge in [0.05, 0.1) is 6.04 Å². The lowest BCUT2D eigenvalue weighted by Crippen LogP contribution is -2.46. The maximum Gasteiger partial charge on any atom is 0.389 e. The molecule has 0 aliphatic heterocycles. The first kappa shape index (κ1) is 16.2. The zero-order chi connectivity index (χ0) is 14.7. The average molecular weight is 304 g/mol. The Hall–Kier alpha value is -0.856. The Morgan fingerprint density at radius 1 is 1.26 bits per heavy atom. The molecule has 0 aliphatic carbocycles. The fraction of sp³-hybridized carbons (Fsp3) is 0.385. The molecule has 0 fully saturated rings. The number of hydrogen-bond donors (Lipinski definition) is 0. The Bertz CT molecular complexity index is 422. The monoisotopic (exact) mass is 304 g/mol. The molecular weight excluding hydrogens is 285 g/mol. The normalized spacial score (nSPS) is 14.2. The first-order valence-electron chi connectivity index (χ1n) is 6.08. The Morgan fingerprint density at radius 2 is 1.84 bits per heavy atom. The highest BCUT2D eigenvalue weighted by molar-refractivity contribution is 6.82. The quantitative estimate of drug-likeness (QED) is 0.754. The van der Waals surface area contributed by atoms with Crippen molar-refractivity contribution in [1.29, 1.82) is 0 Å². The number of hydrogen-bond acceptors (Lipinski definition) is 1. The van der Waals surface area contributed by atoms with Crippen LogP contribution in [0, 0.1) is 0 Å². The zero-order valence-corrected chi connectivity index (χ0v) is 13.6. The molecule has 0 heterocycles. The van der Waals surface area contributed by atoms with E-state index in [0.29, 0.717) is 5.19 Å². The van der Waals surface area contributed by atoms with E-state index < -0.39 is 29.6 Å². The van der Waals surface area contributed by atoms with E-state index in [9.17, 15) is 13.2 Å². The molecule has 6 heteroatoms. The molecule has 1 nitrogen and oxygen atoms in total. The molecule has 1 atom stereocenters. The van der Waals surface area contributed by atoms with Crippen molar-refractivity contribution < 1.29 is 17.3 Å². The van der Waals surface area contributed by atoms with Crippen LogP contribution in [0.1, 0.15) is 5.56 Å². The molecule has 1 aromatic rings. The molecule has 106 valence electrons. The van der Waals surface area contributed by atoms with Gasteiger partial charge in [-0.05, 0) is 30.4 Å². The van der Waals surface area contributed by atoms with Gasteiger partial charge in [-0.3, -0.25) is 0 Å². The summed E-state index contributed by atoms with van der Waals surface area (Å²) in [6, 6.07) is 6.24. The van der Waals surface area contributed by atoms with Gasteiger partial charge >= 0.3 is 6.18 Å². The van der Waals surface area contributed by atoms with E-state index in [-0.39, 0.29) is 0 Å². The number of halogens is 3. The zero-order valence-electron chi connectivity index (χ0n) is 11.4. The van der Waals surface area contributed by atoms with Gasteiger partial charge in [0, 0.05) is 0 Å². The van der Waals surface area contributed by atoms with Crippen LogP contribution < -0.4 is 5.19 Å². The van der Waals surface area contributed by atoms with Gasteiger partial charge in [-0.2, -0.15) is 13.2 Å². The van der Waals surface area contributed by atoms with E-state index in [1.54, 1.807) is 30.3 Å². The van der Waals surface area contributed by atoms with Gasteiger partial charge in [0.15, 0.2) is 8.32 Å². The summed E-state index contributed by atoms with van der Waals surface area (Å²) in [6.45, 7) is 9.41. The highest BCUT2D eigenvalue weighted by Gasteiger charge is 2.37. The minimum atomic E-state index is -4.19. The maximum absolute atomic E-state index is 12.7. The van der Waals surface area contributed by atoms with E-state index in [0.717, 1.165) is 5.56 Å². The van der Waals surface area contributed by atoms with Crippen LogP contribution in [0.5, 0.6) is 0 Å². The summed E-state index contributed by atoms with van der Waals surface area (Å²) in [4.78, 5) is 0. The fourth-order valence-corrected chi connectivity index (χ4v) is 7.65. The van der Waals surface area contributed by atoms with Crippen molar-refractivity contribution in [2.24, 2.45) is 0 Å². The summed E-state index contributed by atoms with van der Waals surface area (Å²) in [7, 11) is -4.54. The molecular formula is C13H19F3OSi2.